The second-order valence-electron chi connectivity index (χ2n) is 2.01. The molecule has 1 atom stereocenters. The predicted molar refractivity (Wildman–Crippen MR) is 35.9 cm³/mol. The molecule has 0 aromatic carbocycles. The van der Waals surface area contributed by atoms with Crippen LogP contribution in [0.3, 0.4) is 0 Å². The standard InChI is InChI=1S/C5H9NO6/c7-2-4(8)3-12-5(9)1-6(10)11/h4,7-8H,1-3H2. The lowest BCUT2D eigenvalue weighted by molar-refractivity contribution is -0.470. The maximum Gasteiger partial charge on any atom is 0.378 e. The lowest BCUT2D eigenvalue weighted by atomic mass is 10.4. The van der Waals surface area contributed by atoms with E-state index in [-0.39, 0.29) is 0 Å². The molecule has 1 unspecified atom stereocenters. The van der Waals surface area contributed by atoms with Crippen molar-refractivity contribution in [2.75, 3.05) is 19.8 Å². The van der Waals surface area contributed by atoms with Crippen molar-refractivity contribution >= 4 is 5.97 Å². The van der Waals surface area contributed by atoms with Gasteiger partial charge in [0.1, 0.15) is 12.7 Å². The zero-order valence-electron chi connectivity index (χ0n) is 6.17. The highest BCUT2D eigenvalue weighted by Crippen LogP contribution is 1.85. The molecule has 7 heteroatoms. The first-order valence-corrected chi connectivity index (χ1v) is 3.12. The molecular formula is C5H9NO6. The Balaban J connectivity index is 3.50. The first-order valence-electron chi connectivity index (χ1n) is 3.12. The number of ether oxygens (including phenoxy) is 1. The minimum Gasteiger partial charge on any atom is -0.458 e. The molecule has 0 spiro atoms. The minimum atomic E-state index is -1.18. The van der Waals surface area contributed by atoms with Crippen molar-refractivity contribution in [3.8, 4) is 0 Å². The highest BCUT2D eigenvalue weighted by atomic mass is 16.6. The summed E-state index contributed by atoms with van der Waals surface area (Å²) in [5, 5.41) is 26.6. The normalized spacial score (nSPS) is 12.2. The number of esters is 1. The summed E-state index contributed by atoms with van der Waals surface area (Å²) in [5.41, 5.74) is 0. The first-order chi connectivity index (χ1) is 5.56. The van der Waals surface area contributed by atoms with Gasteiger partial charge in [-0.2, -0.15) is 0 Å². The van der Waals surface area contributed by atoms with Crippen molar-refractivity contribution in [1.82, 2.24) is 0 Å². The number of nitro groups is 1. The van der Waals surface area contributed by atoms with Gasteiger partial charge in [-0.05, 0) is 0 Å². The van der Waals surface area contributed by atoms with Crippen molar-refractivity contribution < 1.29 is 24.7 Å². The van der Waals surface area contributed by atoms with E-state index in [0.717, 1.165) is 0 Å². The SMILES string of the molecule is O=C(C[N+](=O)[O-])OCC(O)CO. The third kappa shape index (κ3) is 5.57. The van der Waals surface area contributed by atoms with Gasteiger partial charge in [-0.25, -0.2) is 4.79 Å². The van der Waals surface area contributed by atoms with Gasteiger partial charge in [0.2, 0.25) is 0 Å². The first kappa shape index (κ1) is 10.8. The summed E-state index contributed by atoms with van der Waals surface area (Å²) in [4.78, 5) is 19.3. The smallest absolute Gasteiger partial charge is 0.378 e. The Labute approximate surface area is 67.7 Å². The second kappa shape index (κ2) is 5.44. The van der Waals surface area contributed by atoms with Crippen molar-refractivity contribution in [3.05, 3.63) is 10.1 Å². The maximum atomic E-state index is 10.4. The molecule has 2 N–H and O–H groups in total. The van der Waals surface area contributed by atoms with E-state index in [1.54, 1.807) is 0 Å². The average molecular weight is 179 g/mol. The molecule has 0 fully saturated rings. The Morgan fingerprint density at radius 2 is 2.25 bits per heavy atom. The molecule has 70 valence electrons. The van der Waals surface area contributed by atoms with Gasteiger partial charge < -0.3 is 14.9 Å². The molecule has 0 bridgehead atoms. The van der Waals surface area contributed by atoms with E-state index in [9.17, 15) is 14.9 Å². The summed E-state index contributed by atoms with van der Waals surface area (Å²) >= 11 is 0. The van der Waals surface area contributed by atoms with Crippen LogP contribution in [0.15, 0.2) is 0 Å². The molecule has 0 aliphatic rings. The molecule has 7 nitrogen and oxygen atoms in total. The molecule has 12 heavy (non-hydrogen) atoms. The molecule has 0 aliphatic carbocycles. The van der Waals surface area contributed by atoms with Crippen molar-refractivity contribution in [3.63, 3.8) is 0 Å². The fourth-order valence-corrected chi connectivity index (χ4v) is 0.393. The third-order valence-electron chi connectivity index (χ3n) is 0.906. The van der Waals surface area contributed by atoms with Gasteiger partial charge in [0.05, 0.1) is 6.61 Å². The third-order valence-corrected chi connectivity index (χ3v) is 0.906. The van der Waals surface area contributed by atoms with E-state index >= 15 is 0 Å². The molecule has 0 saturated carbocycles. The van der Waals surface area contributed by atoms with Crippen LogP contribution < -0.4 is 0 Å². The van der Waals surface area contributed by atoms with Gasteiger partial charge in [-0.1, -0.05) is 0 Å². The Bertz CT molecular complexity index is 169. The Hall–Kier alpha value is -1.21. The van der Waals surface area contributed by atoms with Gasteiger partial charge in [0.25, 0.3) is 6.54 Å². The lowest BCUT2D eigenvalue weighted by Gasteiger charge is -2.05. The minimum absolute atomic E-state index is 0.427. The number of rotatable bonds is 5. The molecule has 0 rings (SSSR count). The second-order valence-corrected chi connectivity index (χ2v) is 2.01. The highest BCUT2D eigenvalue weighted by molar-refractivity contribution is 5.70. The van der Waals surface area contributed by atoms with E-state index < -0.39 is 36.8 Å². The zero-order chi connectivity index (χ0) is 9.56. The fraction of sp³-hybridized carbons (Fsp3) is 0.800. The summed E-state index contributed by atoms with van der Waals surface area (Å²) in [6.07, 6.45) is -1.18. The van der Waals surface area contributed by atoms with Crippen LogP contribution in [0.2, 0.25) is 0 Å². The van der Waals surface area contributed by atoms with E-state index in [4.69, 9.17) is 10.2 Å². The van der Waals surface area contributed by atoms with Crippen molar-refractivity contribution in [2.45, 2.75) is 6.10 Å². The molecule has 0 heterocycles. The Kier molecular flexibility index (Phi) is 4.89. The van der Waals surface area contributed by atoms with Crippen LogP contribution in [-0.2, 0) is 9.53 Å². The van der Waals surface area contributed by atoms with Gasteiger partial charge in [-0.15, -0.1) is 0 Å². The number of hydrogen-bond acceptors (Lipinski definition) is 6. The molecule has 0 amide bonds. The van der Waals surface area contributed by atoms with Crippen molar-refractivity contribution in [1.29, 1.82) is 0 Å². The summed E-state index contributed by atoms with van der Waals surface area (Å²) in [6, 6.07) is 0. The summed E-state index contributed by atoms with van der Waals surface area (Å²) in [6.45, 7) is -1.91. The van der Waals surface area contributed by atoms with Gasteiger partial charge >= 0.3 is 5.97 Å². The fourth-order valence-electron chi connectivity index (χ4n) is 0.393. The zero-order valence-corrected chi connectivity index (χ0v) is 6.17. The number of aliphatic hydroxyl groups excluding tert-OH is 2. The lowest BCUT2D eigenvalue weighted by Crippen LogP contribution is -2.25. The van der Waals surface area contributed by atoms with Gasteiger partial charge in [0.15, 0.2) is 0 Å². The Morgan fingerprint density at radius 3 is 2.67 bits per heavy atom. The van der Waals surface area contributed by atoms with Crippen LogP contribution >= 0.6 is 0 Å². The average Bonchev–Trinajstić information content (AvgIpc) is 1.99. The van der Waals surface area contributed by atoms with Gasteiger partial charge in [-0.3, -0.25) is 10.1 Å². The quantitative estimate of drug-likeness (QED) is 0.291. The number of aliphatic hydroxyl groups is 2. The molecule has 0 radical (unpaired) electrons. The molecule has 0 aliphatic heterocycles. The summed E-state index contributed by atoms with van der Waals surface area (Å²) in [5.74, 6) is -1.03. The van der Waals surface area contributed by atoms with E-state index in [0.29, 0.717) is 0 Å². The topological polar surface area (TPSA) is 110 Å². The summed E-state index contributed by atoms with van der Waals surface area (Å²) in [7, 11) is 0. The van der Waals surface area contributed by atoms with Crippen LogP contribution in [0.5, 0.6) is 0 Å². The van der Waals surface area contributed by atoms with Crippen LogP contribution in [0.4, 0.5) is 0 Å². The van der Waals surface area contributed by atoms with Crippen molar-refractivity contribution in [2.24, 2.45) is 0 Å². The molecule has 0 aromatic rings. The van der Waals surface area contributed by atoms with E-state index in [1.807, 2.05) is 0 Å². The van der Waals surface area contributed by atoms with Crippen LogP contribution in [0.25, 0.3) is 0 Å². The highest BCUT2D eigenvalue weighted by Gasteiger charge is 2.12. The molecule has 0 aromatic heterocycles. The predicted octanol–water partition coefficient (Wildman–Crippen LogP) is -1.84. The Morgan fingerprint density at radius 1 is 1.67 bits per heavy atom. The summed E-state index contributed by atoms with van der Waals surface area (Å²) < 4.78 is 4.21. The van der Waals surface area contributed by atoms with E-state index in [1.165, 1.54) is 0 Å². The van der Waals surface area contributed by atoms with Crippen LogP contribution in [0.1, 0.15) is 0 Å². The van der Waals surface area contributed by atoms with Gasteiger partial charge in [0, 0.05) is 4.92 Å². The molecule has 0 saturated heterocycles. The monoisotopic (exact) mass is 179 g/mol. The number of nitrogens with zero attached hydrogens (tertiary/aromatic N) is 1. The van der Waals surface area contributed by atoms with E-state index in [2.05, 4.69) is 4.74 Å². The number of carbonyl (C=O) groups is 1. The number of carbonyl (C=O) groups excluding carboxylic acids is 1. The maximum absolute atomic E-state index is 10.4. The van der Waals surface area contributed by atoms with Crippen LogP contribution in [-0.4, -0.2) is 47.0 Å². The van der Waals surface area contributed by atoms with Crippen LogP contribution in [0, 0.1) is 10.1 Å². The number of hydrogen-bond donors (Lipinski definition) is 2. The largest absolute Gasteiger partial charge is 0.458 e. The molecular weight excluding hydrogens is 170 g/mol.